The van der Waals surface area contributed by atoms with Gasteiger partial charge in [-0.25, -0.2) is 0 Å². The van der Waals surface area contributed by atoms with Crippen LogP contribution in [0.25, 0.3) is 0 Å². The molecule has 2 heterocycles. The van der Waals surface area contributed by atoms with E-state index in [0.717, 1.165) is 44.6 Å². The fourth-order valence-corrected chi connectivity index (χ4v) is 3.88. The normalized spacial score (nSPS) is 22.8. The summed E-state index contributed by atoms with van der Waals surface area (Å²) >= 11 is 0. The zero-order valence-electron chi connectivity index (χ0n) is 14.6. The summed E-state index contributed by atoms with van der Waals surface area (Å²) in [5.74, 6) is 0.0291. The summed E-state index contributed by atoms with van der Waals surface area (Å²) in [5, 5.41) is 12.6. The van der Waals surface area contributed by atoms with Gasteiger partial charge in [0.1, 0.15) is 0 Å². The molecule has 2 aliphatic heterocycles. The van der Waals surface area contributed by atoms with E-state index in [2.05, 4.69) is 27.2 Å². The number of aliphatic hydroxyl groups is 1. The number of benzene rings is 1. The molecule has 2 fully saturated rings. The van der Waals surface area contributed by atoms with Crippen LogP contribution in [0.2, 0.25) is 0 Å². The number of hydrogen-bond acceptors (Lipinski definition) is 4. The van der Waals surface area contributed by atoms with Crippen LogP contribution in [-0.4, -0.2) is 54.2 Å². The lowest BCUT2D eigenvalue weighted by atomic mass is 10.1. The number of nitrogens with one attached hydrogen (secondary N) is 1. The van der Waals surface area contributed by atoms with Gasteiger partial charge in [-0.1, -0.05) is 0 Å². The number of rotatable bonds is 6. The molecule has 2 N–H and O–H groups in total. The Morgan fingerprint density at radius 3 is 2.58 bits per heavy atom. The van der Waals surface area contributed by atoms with Crippen LogP contribution in [0.15, 0.2) is 24.3 Å². The van der Waals surface area contributed by atoms with Crippen molar-refractivity contribution in [2.24, 2.45) is 0 Å². The molecule has 1 aromatic carbocycles. The second-order valence-electron chi connectivity index (χ2n) is 7.14. The molecule has 2 saturated heterocycles. The van der Waals surface area contributed by atoms with Crippen molar-refractivity contribution in [1.29, 1.82) is 0 Å². The third kappa shape index (κ3) is 4.48. The molecule has 24 heavy (non-hydrogen) atoms. The van der Waals surface area contributed by atoms with Crippen LogP contribution in [0.5, 0.6) is 0 Å². The van der Waals surface area contributed by atoms with E-state index in [1.165, 1.54) is 18.5 Å². The third-order valence-electron chi connectivity index (χ3n) is 5.08. The van der Waals surface area contributed by atoms with Crippen molar-refractivity contribution >= 4 is 17.3 Å². The number of hydrogen-bond donors (Lipinski definition) is 2. The zero-order valence-corrected chi connectivity index (χ0v) is 14.6. The zero-order chi connectivity index (χ0) is 16.9. The molecule has 5 heteroatoms. The predicted octanol–water partition coefficient (Wildman–Crippen LogP) is 2.46. The second kappa shape index (κ2) is 7.99. The lowest BCUT2D eigenvalue weighted by Gasteiger charge is -2.24. The topological polar surface area (TPSA) is 55.8 Å². The van der Waals surface area contributed by atoms with Gasteiger partial charge in [0.25, 0.3) is 0 Å². The summed E-state index contributed by atoms with van der Waals surface area (Å²) in [5.41, 5.74) is 2.09. The summed E-state index contributed by atoms with van der Waals surface area (Å²) in [6.45, 7) is 5.43. The molecule has 2 aliphatic rings. The summed E-state index contributed by atoms with van der Waals surface area (Å²) in [6.07, 6.45) is 5.15. The Kier molecular flexibility index (Phi) is 5.74. The first kappa shape index (κ1) is 17.2. The standard InChI is InChI=1S/C19H29N3O2/c1-15(23)13-18-5-4-12-22(18)14-19(24)20-16-6-8-17(9-7-16)21-10-2-3-11-21/h6-9,15,18,23H,2-5,10-14H2,1H3,(H,20,24). The Labute approximate surface area is 144 Å². The largest absolute Gasteiger partial charge is 0.393 e. The molecule has 1 amide bonds. The molecule has 0 aliphatic carbocycles. The quantitative estimate of drug-likeness (QED) is 0.841. The van der Waals surface area contributed by atoms with Gasteiger partial charge in [0.2, 0.25) is 5.91 Å². The fraction of sp³-hybridized carbons (Fsp3) is 0.632. The van der Waals surface area contributed by atoms with Crippen LogP contribution in [0.3, 0.4) is 0 Å². The van der Waals surface area contributed by atoms with E-state index in [9.17, 15) is 9.90 Å². The molecule has 0 radical (unpaired) electrons. The molecule has 1 aromatic rings. The highest BCUT2D eigenvalue weighted by molar-refractivity contribution is 5.92. The van der Waals surface area contributed by atoms with Crippen molar-refractivity contribution in [1.82, 2.24) is 4.90 Å². The average molecular weight is 331 g/mol. The molecule has 5 nitrogen and oxygen atoms in total. The van der Waals surface area contributed by atoms with Gasteiger partial charge in [0.15, 0.2) is 0 Å². The monoisotopic (exact) mass is 331 g/mol. The lowest BCUT2D eigenvalue weighted by Crippen LogP contribution is -2.38. The summed E-state index contributed by atoms with van der Waals surface area (Å²) in [6, 6.07) is 8.49. The molecule has 0 spiro atoms. The SMILES string of the molecule is CC(O)CC1CCCN1CC(=O)Nc1ccc(N2CCCC2)cc1. The fourth-order valence-electron chi connectivity index (χ4n) is 3.88. The highest BCUT2D eigenvalue weighted by atomic mass is 16.3. The van der Waals surface area contributed by atoms with Crippen LogP contribution in [0, 0.1) is 0 Å². The number of likely N-dealkylation sites (tertiary alicyclic amines) is 1. The van der Waals surface area contributed by atoms with Crippen LogP contribution in [0.1, 0.15) is 39.0 Å². The number of aliphatic hydroxyl groups excluding tert-OH is 1. The van der Waals surface area contributed by atoms with Crippen LogP contribution >= 0.6 is 0 Å². The van der Waals surface area contributed by atoms with Gasteiger partial charge in [-0.3, -0.25) is 9.69 Å². The molecule has 0 bridgehead atoms. The third-order valence-corrected chi connectivity index (χ3v) is 5.08. The molecule has 2 unspecified atom stereocenters. The first-order chi connectivity index (χ1) is 11.6. The van der Waals surface area contributed by atoms with Gasteiger partial charge in [-0.05, 0) is 69.8 Å². The minimum Gasteiger partial charge on any atom is -0.393 e. The highest BCUT2D eigenvalue weighted by Crippen LogP contribution is 2.23. The maximum Gasteiger partial charge on any atom is 0.238 e. The number of nitrogens with zero attached hydrogens (tertiary/aromatic N) is 2. The minimum absolute atomic E-state index is 0.0291. The smallest absolute Gasteiger partial charge is 0.238 e. The number of carbonyl (C=O) groups is 1. The Morgan fingerprint density at radius 2 is 1.92 bits per heavy atom. The Morgan fingerprint density at radius 1 is 1.21 bits per heavy atom. The van der Waals surface area contributed by atoms with E-state index < -0.39 is 0 Å². The minimum atomic E-state index is -0.309. The number of anilines is 2. The molecule has 2 atom stereocenters. The second-order valence-corrected chi connectivity index (χ2v) is 7.14. The summed E-state index contributed by atoms with van der Waals surface area (Å²) < 4.78 is 0. The van der Waals surface area contributed by atoms with E-state index in [1.807, 2.05) is 19.1 Å². The summed E-state index contributed by atoms with van der Waals surface area (Å²) in [7, 11) is 0. The molecule has 3 rings (SSSR count). The van der Waals surface area contributed by atoms with Crippen molar-refractivity contribution < 1.29 is 9.90 Å². The van der Waals surface area contributed by atoms with Crippen LogP contribution in [0.4, 0.5) is 11.4 Å². The summed E-state index contributed by atoms with van der Waals surface area (Å²) in [4.78, 5) is 16.9. The van der Waals surface area contributed by atoms with Crippen LogP contribution < -0.4 is 10.2 Å². The highest BCUT2D eigenvalue weighted by Gasteiger charge is 2.27. The van der Waals surface area contributed by atoms with Crippen molar-refractivity contribution in [2.75, 3.05) is 36.4 Å². The van der Waals surface area contributed by atoms with Gasteiger partial charge in [-0.2, -0.15) is 0 Å². The number of carbonyl (C=O) groups excluding carboxylic acids is 1. The molecular weight excluding hydrogens is 302 g/mol. The van der Waals surface area contributed by atoms with Gasteiger partial charge < -0.3 is 15.3 Å². The van der Waals surface area contributed by atoms with Crippen molar-refractivity contribution in [3.63, 3.8) is 0 Å². The first-order valence-corrected chi connectivity index (χ1v) is 9.19. The van der Waals surface area contributed by atoms with Crippen molar-refractivity contribution in [3.05, 3.63) is 24.3 Å². The molecular formula is C19H29N3O2. The van der Waals surface area contributed by atoms with Crippen molar-refractivity contribution in [3.8, 4) is 0 Å². The van der Waals surface area contributed by atoms with E-state index in [4.69, 9.17) is 0 Å². The van der Waals surface area contributed by atoms with Crippen molar-refractivity contribution in [2.45, 2.75) is 51.2 Å². The van der Waals surface area contributed by atoms with Gasteiger partial charge in [0, 0.05) is 30.5 Å². The maximum atomic E-state index is 12.3. The molecule has 0 aromatic heterocycles. The molecule has 0 saturated carbocycles. The van der Waals surface area contributed by atoms with Gasteiger partial charge in [-0.15, -0.1) is 0 Å². The Bertz CT molecular complexity index is 538. The maximum absolute atomic E-state index is 12.3. The van der Waals surface area contributed by atoms with Gasteiger partial charge in [0.05, 0.1) is 12.6 Å². The molecule has 132 valence electrons. The van der Waals surface area contributed by atoms with E-state index in [-0.39, 0.29) is 12.0 Å². The van der Waals surface area contributed by atoms with Crippen LogP contribution in [-0.2, 0) is 4.79 Å². The Balaban J connectivity index is 1.51. The lowest BCUT2D eigenvalue weighted by molar-refractivity contribution is -0.117. The van der Waals surface area contributed by atoms with E-state index in [1.54, 1.807) is 0 Å². The predicted molar refractivity (Wildman–Crippen MR) is 97.4 cm³/mol. The average Bonchev–Trinajstić information content (AvgIpc) is 3.20. The number of amides is 1. The van der Waals surface area contributed by atoms with E-state index in [0.29, 0.717) is 12.6 Å². The Hall–Kier alpha value is -1.59. The van der Waals surface area contributed by atoms with Gasteiger partial charge >= 0.3 is 0 Å². The first-order valence-electron chi connectivity index (χ1n) is 9.19. The van der Waals surface area contributed by atoms with E-state index >= 15 is 0 Å².